The first-order valence-electron chi connectivity index (χ1n) is 5.56. The van der Waals surface area contributed by atoms with Gasteiger partial charge in [0.25, 0.3) is 0 Å². The molecule has 1 heterocycles. The molecule has 1 aliphatic rings. The van der Waals surface area contributed by atoms with E-state index in [0.717, 1.165) is 6.42 Å². The third-order valence-corrected chi connectivity index (χ3v) is 2.98. The molecule has 14 heavy (non-hydrogen) atoms. The predicted molar refractivity (Wildman–Crippen MR) is 63.7 cm³/mol. The van der Waals surface area contributed by atoms with E-state index in [1.165, 1.54) is 41.8 Å². The Hall–Kier alpha value is -0.850. The number of allylic oxidation sites excluding steroid dienone is 4. The van der Waals surface area contributed by atoms with Crippen LogP contribution in [0.25, 0.3) is 0 Å². The lowest BCUT2D eigenvalue weighted by atomic mass is 10.0. The van der Waals surface area contributed by atoms with Crippen molar-refractivity contribution in [2.45, 2.75) is 53.4 Å². The van der Waals surface area contributed by atoms with E-state index in [-0.39, 0.29) is 0 Å². The molecule has 78 valence electrons. The van der Waals surface area contributed by atoms with Crippen LogP contribution in [0.1, 0.15) is 53.4 Å². The molecule has 0 unspecified atom stereocenters. The predicted octanol–water partition coefficient (Wildman–Crippen LogP) is 4.26. The highest BCUT2D eigenvalue weighted by molar-refractivity contribution is 5.98. The Labute approximate surface area is 87.6 Å². The van der Waals surface area contributed by atoms with Crippen LogP contribution in [0.5, 0.6) is 0 Å². The molecule has 0 spiro atoms. The Balaban J connectivity index is 3.02. The fraction of sp³-hybridized carbons (Fsp3) is 0.615. The molecule has 0 aliphatic carbocycles. The zero-order chi connectivity index (χ0) is 10.6. The van der Waals surface area contributed by atoms with Crippen LogP contribution in [0.15, 0.2) is 27.9 Å². The lowest BCUT2D eigenvalue weighted by Gasteiger charge is -2.05. The van der Waals surface area contributed by atoms with Crippen molar-refractivity contribution >= 4 is 5.71 Å². The highest BCUT2D eigenvalue weighted by Gasteiger charge is 2.04. The normalized spacial score (nSPS) is 19.4. The summed E-state index contributed by atoms with van der Waals surface area (Å²) in [6.07, 6.45) is 7.12. The molecule has 0 N–H and O–H groups in total. The van der Waals surface area contributed by atoms with Crippen LogP contribution in [-0.4, -0.2) is 5.71 Å². The largest absolute Gasteiger partial charge is 0.258 e. The third kappa shape index (κ3) is 2.83. The maximum atomic E-state index is 4.66. The first-order chi connectivity index (χ1) is 6.65. The molecular weight excluding hydrogens is 170 g/mol. The Morgan fingerprint density at radius 2 is 2.00 bits per heavy atom. The van der Waals surface area contributed by atoms with Crippen molar-refractivity contribution in [1.82, 2.24) is 0 Å². The Kier molecular flexibility index (Phi) is 4.12. The smallest absolute Gasteiger partial charge is 0.0401 e. The van der Waals surface area contributed by atoms with Crippen molar-refractivity contribution in [3.05, 3.63) is 22.9 Å². The first kappa shape index (κ1) is 11.2. The van der Waals surface area contributed by atoms with Crippen LogP contribution in [0.4, 0.5) is 0 Å². The van der Waals surface area contributed by atoms with E-state index in [2.05, 4.69) is 38.8 Å². The zero-order valence-corrected chi connectivity index (χ0v) is 9.85. The monoisotopic (exact) mass is 191 g/mol. The second kappa shape index (κ2) is 5.14. The number of rotatable bonds is 1. The first-order valence-corrected chi connectivity index (χ1v) is 5.56. The maximum Gasteiger partial charge on any atom is 0.0401 e. The van der Waals surface area contributed by atoms with Crippen LogP contribution in [0, 0.1) is 0 Å². The molecule has 0 amide bonds. The van der Waals surface area contributed by atoms with E-state index in [1.54, 1.807) is 0 Å². The molecule has 0 aromatic heterocycles. The van der Waals surface area contributed by atoms with Gasteiger partial charge in [-0.25, -0.2) is 0 Å². The molecule has 0 saturated heterocycles. The van der Waals surface area contributed by atoms with Crippen LogP contribution in [0.2, 0.25) is 0 Å². The summed E-state index contributed by atoms with van der Waals surface area (Å²) in [6.45, 7) is 8.62. The number of aliphatic imine (C=N–C) groups is 1. The molecule has 1 nitrogen and oxygen atoms in total. The molecule has 0 fully saturated rings. The minimum Gasteiger partial charge on any atom is -0.258 e. The summed E-state index contributed by atoms with van der Waals surface area (Å²) in [5.74, 6) is 0. The van der Waals surface area contributed by atoms with Gasteiger partial charge < -0.3 is 0 Å². The molecule has 0 atom stereocenters. The molecule has 0 aromatic carbocycles. The van der Waals surface area contributed by atoms with Gasteiger partial charge in [-0.2, -0.15) is 0 Å². The zero-order valence-electron chi connectivity index (χ0n) is 9.85. The lowest BCUT2D eigenvalue weighted by molar-refractivity contribution is 0.791. The standard InChI is InChI=1S/C13H21N/c1-5-13-9-7-6-8-10(2)11(3)14-12(13)4/h8H,5-7,9H2,1-4H3. The fourth-order valence-corrected chi connectivity index (χ4v) is 1.81. The Bertz CT molecular complexity index is 292. The quantitative estimate of drug-likeness (QED) is 0.587. The molecule has 0 aromatic rings. The van der Waals surface area contributed by atoms with Crippen LogP contribution in [0.3, 0.4) is 0 Å². The molecule has 1 heteroatoms. The summed E-state index contributed by atoms with van der Waals surface area (Å²) in [5.41, 5.74) is 5.27. The molecule has 0 bridgehead atoms. The van der Waals surface area contributed by atoms with Crippen molar-refractivity contribution in [1.29, 1.82) is 0 Å². The molecular formula is C13H21N. The second-order valence-electron chi connectivity index (χ2n) is 4.02. The Morgan fingerprint density at radius 1 is 1.29 bits per heavy atom. The van der Waals surface area contributed by atoms with E-state index in [0.29, 0.717) is 0 Å². The molecule has 0 saturated carbocycles. The summed E-state index contributed by atoms with van der Waals surface area (Å²) in [4.78, 5) is 4.66. The maximum absolute atomic E-state index is 4.66. The van der Waals surface area contributed by atoms with Crippen LogP contribution in [-0.2, 0) is 0 Å². The van der Waals surface area contributed by atoms with Gasteiger partial charge in [-0.3, -0.25) is 4.99 Å². The van der Waals surface area contributed by atoms with E-state index >= 15 is 0 Å². The molecule has 0 radical (unpaired) electrons. The topological polar surface area (TPSA) is 12.4 Å². The van der Waals surface area contributed by atoms with Crippen molar-refractivity contribution < 1.29 is 0 Å². The Morgan fingerprint density at radius 3 is 2.64 bits per heavy atom. The summed E-state index contributed by atoms with van der Waals surface area (Å²) >= 11 is 0. The van der Waals surface area contributed by atoms with E-state index in [1.807, 2.05) is 0 Å². The second-order valence-corrected chi connectivity index (χ2v) is 4.02. The summed E-state index contributed by atoms with van der Waals surface area (Å²) < 4.78 is 0. The van der Waals surface area contributed by atoms with Gasteiger partial charge >= 0.3 is 0 Å². The fourth-order valence-electron chi connectivity index (χ4n) is 1.81. The number of nitrogens with zero attached hydrogens (tertiary/aromatic N) is 1. The summed E-state index contributed by atoms with van der Waals surface area (Å²) in [5, 5.41) is 0. The third-order valence-electron chi connectivity index (χ3n) is 2.98. The van der Waals surface area contributed by atoms with Crippen molar-refractivity contribution in [2.24, 2.45) is 4.99 Å². The van der Waals surface area contributed by atoms with Crippen LogP contribution >= 0.6 is 0 Å². The van der Waals surface area contributed by atoms with Gasteiger partial charge in [-0.1, -0.05) is 13.0 Å². The lowest BCUT2D eigenvalue weighted by Crippen LogP contribution is -1.94. The highest BCUT2D eigenvalue weighted by Crippen LogP contribution is 2.20. The SMILES string of the molecule is CCC1=C(C)N=C(C)C(C)=CCCC1. The highest BCUT2D eigenvalue weighted by atomic mass is 14.7. The number of hydrogen-bond acceptors (Lipinski definition) is 1. The molecule has 1 rings (SSSR count). The average Bonchev–Trinajstić information content (AvgIpc) is 2.21. The minimum atomic E-state index is 1.14. The molecule has 1 aliphatic heterocycles. The van der Waals surface area contributed by atoms with Gasteiger partial charge in [0.2, 0.25) is 0 Å². The minimum absolute atomic E-state index is 1.14. The van der Waals surface area contributed by atoms with Gasteiger partial charge in [0.1, 0.15) is 0 Å². The van der Waals surface area contributed by atoms with Gasteiger partial charge in [0.05, 0.1) is 0 Å². The van der Waals surface area contributed by atoms with Gasteiger partial charge in [-0.15, -0.1) is 0 Å². The van der Waals surface area contributed by atoms with Crippen molar-refractivity contribution in [3.63, 3.8) is 0 Å². The van der Waals surface area contributed by atoms with Crippen molar-refractivity contribution in [2.75, 3.05) is 0 Å². The van der Waals surface area contributed by atoms with E-state index < -0.39 is 0 Å². The summed E-state index contributed by atoms with van der Waals surface area (Å²) in [7, 11) is 0. The van der Waals surface area contributed by atoms with Gasteiger partial charge in [0, 0.05) is 11.4 Å². The van der Waals surface area contributed by atoms with E-state index in [9.17, 15) is 0 Å². The van der Waals surface area contributed by atoms with E-state index in [4.69, 9.17) is 0 Å². The number of hydrogen-bond donors (Lipinski definition) is 0. The van der Waals surface area contributed by atoms with Crippen molar-refractivity contribution in [3.8, 4) is 0 Å². The van der Waals surface area contributed by atoms with Crippen LogP contribution < -0.4 is 0 Å². The summed E-state index contributed by atoms with van der Waals surface area (Å²) in [6, 6.07) is 0. The van der Waals surface area contributed by atoms with Gasteiger partial charge in [0.15, 0.2) is 0 Å². The van der Waals surface area contributed by atoms with Gasteiger partial charge in [-0.05, 0) is 57.6 Å². The average molecular weight is 191 g/mol.